The van der Waals surface area contributed by atoms with Gasteiger partial charge in [-0.15, -0.1) is 0 Å². The Kier molecular flexibility index (Phi) is 4.48. The van der Waals surface area contributed by atoms with E-state index in [0.29, 0.717) is 0 Å². The molecule has 3 heteroatoms. The van der Waals surface area contributed by atoms with E-state index in [1.54, 1.807) is 0 Å². The molecule has 1 fully saturated rings. The largest absolute Gasteiger partial charge is 0.353 e. The predicted molar refractivity (Wildman–Crippen MR) is 82.4 cm³/mol. The van der Waals surface area contributed by atoms with Crippen LogP contribution in [-0.2, 0) is 10.2 Å². The molecule has 0 heterocycles. The third-order valence-electron chi connectivity index (χ3n) is 4.80. The molecule has 3 atom stereocenters. The molecule has 1 aliphatic carbocycles. The average Bonchev–Trinajstić information content (AvgIpc) is 2.86. The lowest BCUT2D eigenvalue weighted by atomic mass is 9.78. The Morgan fingerprint density at radius 1 is 1.30 bits per heavy atom. The lowest BCUT2D eigenvalue weighted by Crippen LogP contribution is -2.47. The average molecular weight is 274 g/mol. The SMILES string of the molecule is CC(NC(=O)C1CCC(N)C1)C(C)(C)c1ccccc1. The highest BCUT2D eigenvalue weighted by Crippen LogP contribution is 2.29. The van der Waals surface area contributed by atoms with Crippen LogP contribution in [0.3, 0.4) is 0 Å². The Morgan fingerprint density at radius 3 is 2.50 bits per heavy atom. The Morgan fingerprint density at radius 2 is 1.95 bits per heavy atom. The summed E-state index contributed by atoms with van der Waals surface area (Å²) >= 11 is 0. The number of rotatable bonds is 4. The van der Waals surface area contributed by atoms with Crippen LogP contribution in [0.25, 0.3) is 0 Å². The van der Waals surface area contributed by atoms with Crippen molar-refractivity contribution < 1.29 is 4.79 Å². The summed E-state index contributed by atoms with van der Waals surface area (Å²) in [5, 5.41) is 3.19. The van der Waals surface area contributed by atoms with Gasteiger partial charge in [-0.3, -0.25) is 4.79 Å². The molecule has 110 valence electrons. The molecule has 0 spiro atoms. The number of carbonyl (C=O) groups is 1. The van der Waals surface area contributed by atoms with Crippen LogP contribution in [0.1, 0.15) is 45.6 Å². The molecule has 1 aromatic rings. The monoisotopic (exact) mass is 274 g/mol. The molecule has 0 aromatic heterocycles. The fraction of sp³-hybridized carbons (Fsp3) is 0.588. The zero-order valence-corrected chi connectivity index (χ0v) is 12.7. The Bertz CT molecular complexity index is 455. The molecule has 0 saturated heterocycles. The van der Waals surface area contributed by atoms with Gasteiger partial charge in [0.05, 0.1) is 0 Å². The van der Waals surface area contributed by atoms with Gasteiger partial charge in [-0.1, -0.05) is 44.2 Å². The molecule has 1 aliphatic rings. The summed E-state index contributed by atoms with van der Waals surface area (Å²) in [5.74, 6) is 0.258. The number of hydrogen-bond donors (Lipinski definition) is 2. The third-order valence-corrected chi connectivity index (χ3v) is 4.80. The molecule has 1 amide bonds. The maximum atomic E-state index is 12.3. The Hall–Kier alpha value is -1.35. The minimum absolute atomic E-state index is 0.0857. The number of benzene rings is 1. The van der Waals surface area contributed by atoms with Gasteiger partial charge >= 0.3 is 0 Å². The number of carbonyl (C=O) groups excluding carboxylic acids is 1. The molecular weight excluding hydrogens is 248 g/mol. The fourth-order valence-electron chi connectivity index (χ4n) is 2.88. The summed E-state index contributed by atoms with van der Waals surface area (Å²) in [6, 6.07) is 10.6. The van der Waals surface area contributed by atoms with Crippen molar-refractivity contribution in [3.8, 4) is 0 Å². The van der Waals surface area contributed by atoms with Gasteiger partial charge in [-0.25, -0.2) is 0 Å². The summed E-state index contributed by atoms with van der Waals surface area (Å²) in [7, 11) is 0. The van der Waals surface area contributed by atoms with Crippen molar-refractivity contribution in [2.45, 2.75) is 57.5 Å². The van der Waals surface area contributed by atoms with Crippen molar-refractivity contribution in [3.63, 3.8) is 0 Å². The first-order valence-electron chi connectivity index (χ1n) is 7.52. The molecule has 20 heavy (non-hydrogen) atoms. The summed E-state index contributed by atoms with van der Waals surface area (Å²) in [6.07, 6.45) is 2.71. The molecule has 0 aliphatic heterocycles. The van der Waals surface area contributed by atoms with Gasteiger partial charge in [0.15, 0.2) is 0 Å². The van der Waals surface area contributed by atoms with E-state index < -0.39 is 0 Å². The van der Waals surface area contributed by atoms with Crippen LogP contribution in [0.4, 0.5) is 0 Å². The van der Waals surface area contributed by atoms with Gasteiger partial charge in [0.2, 0.25) is 5.91 Å². The van der Waals surface area contributed by atoms with Crippen molar-refractivity contribution in [1.82, 2.24) is 5.32 Å². The van der Waals surface area contributed by atoms with E-state index in [1.165, 1.54) is 5.56 Å². The van der Waals surface area contributed by atoms with E-state index in [1.807, 2.05) is 18.2 Å². The van der Waals surface area contributed by atoms with Crippen LogP contribution in [0.15, 0.2) is 30.3 Å². The van der Waals surface area contributed by atoms with Crippen molar-refractivity contribution in [2.75, 3.05) is 0 Å². The van der Waals surface area contributed by atoms with Crippen LogP contribution in [0.5, 0.6) is 0 Å². The molecule has 1 saturated carbocycles. The topological polar surface area (TPSA) is 55.1 Å². The second kappa shape index (κ2) is 5.96. The second-order valence-corrected chi connectivity index (χ2v) is 6.59. The van der Waals surface area contributed by atoms with Crippen LogP contribution in [-0.4, -0.2) is 18.0 Å². The van der Waals surface area contributed by atoms with Crippen LogP contribution < -0.4 is 11.1 Å². The number of nitrogens with two attached hydrogens (primary N) is 1. The highest BCUT2D eigenvalue weighted by molar-refractivity contribution is 5.79. The fourth-order valence-corrected chi connectivity index (χ4v) is 2.88. The van der Waals surface area contributed by atoms with Crippen LogP contribution in [0.2, 0.25) is 0 Å². The van der Waals surface area contributed by atoms with Crippen LogP contribution >= 0.6 is 0 Å². The lowest BCUT2D eigenvalue weighted by Gasteiger charge is -2.33. The van der Waals surface area contributed by atoms with E-state index in [2.05, 4.69) is 38.2 Å². The first kappa shape index (κ1) is 15.0. The van der Waals surface area contributed by atoms with Crippen molar-refractivity contribution in [3.05, 3.63) is 35.9 Å². The van der Waals surface area contributed by atoms with Gasteiger partial charge in [0.25, 0.3) is 0 Å². The van der Waals surface area contributed by atoms with Crippen molar-refractivity contribution in [2.24, 2.45) is 11.7 Å². The molecule has 0 bridgehead atoms. The summed E-state index contributed by atoms with van der Waals surface area (Å²) in [4.78, 5) is 12.3. The van der Waals surface area contributed by atoms with Gasteiger partial charge in [-0.05, 0) is 31.7 Å². The molecular formula is C17H26N2O. The number of nitrogens with one attached hydrogen (secondary N) is 1. The maximum absolute atomic E-state index is 12.3. The normalized spacial score (nSPS) is 24.4. The van der Waals surface area contributed by atoms with Crippen molar-refractivity contribution >= 4 is 5.91 Å². The van der Waals surface area contributed by atoms with Gasteiger partial charge in [0.1, 0.15) is 0 Å². The minimum atomic E-state index is -0.0857. The van der Waals surface area contributed by atoms with Crippen molar-refractivity contribution in [1.29, 1.82) is 0 Å². The lowest BCUT2D eigenvalue weighted by molar-refractivity contribution is -0.125. The minimum Gasteiger partial charge on any atom is -0.353 e. The zero-order chi connectivity index (χ0) is 14.8. The van der Waals surface area contributed by atoms with Crippen LogP contribution in [0, 0.1) is 5.92 Å². The molecule has 0 radical (unpaired) electrons. The third kappa shape index (κ3) is 3.21. The molecule has 3 unspecified atom stereocenters. The van der Waals surface area contributed by atoms with E-state index in [0.717, 1.165) is 19.3 Å². The second-order valence-electron chi connectivity index (χ2n) is 6.59. The smallest absolute Gasteiger partial charge is 0.223 e. The summed E-state index contributed by atoms with van der Waals surface area (Å²) < 4.78 is 0. The Balaban J connectivity index is 2.00. The quantitative estimate of drug-likeness (QED) is 0.886. The highest BCUT2D eigenvalue weighted by atomic mass is 16.1. The van der Waals surface area contributed by atoms with E-state index >= 15 is 0 Å². The highest BCUT2D eigenvalue weighted by Gasteiger charge is 2.33. The van der Waals surface area contributed by atoms with E-state index in [9.17, 15) is 4.79 Å². The number of hydrogen-bond acceptors (Lipinski definition) is 2. The first-order chi connectivity index (χ1) is 9.41. The van der Waals surface area contributed by atoms with Gasteiger partial charge in [-0.2, -0.15) is 0 Å². The van der Waals surface area contributed by atoms with Gasteiger partial charge < -0.3 is 11.1 Å². The standard InChI is InChI=1S/C17H26N2O/c1-12(17(2,3)14-7-5-4-6-8-14)19-16(20)13-9-10-15(18)11-13/h4-8,12-13,15H,9-11,18H2,1-3H3,(H,19,20). The summed E-state index contributed by atoms with van der Waals surface area (Å²) in [5.41, 5.74) is 7.05. The van der Waals surface area contributed by atoms with Gasteiger partial charge in [0, 0.05) is 23.4 Å². The maximum Gasteiger partial charge on any atom is 0.223 e. The van der Waals surface area contributed by atoms with E-state index in [-0.39, 0.29) is 29.3 Å². The summed E-state index contributed by atoms with van der Waals surface area (Å²) in [6.45, 7) is 6.43. The molecule has 1 aromatic carbocycles. The predicted octanol–water partition coefficient (Wildman–Crippen LogP) is 2.60. The molecule has 2 rings (SSSR count). The first-order valence-corrected chi connectivity index (χ1v) is 7.52. The number of amides is 1. The Labute approximate surface area is 121 Å². The molecule has 3 nitrogen and oxygen atoms in total. The molecule has 3 N–H and O–H groups in total. The van der Waals surface area contributed by atoms with E-state index in [4.69, 9.17) is 5.73 Å². The zero-order valence-electron chi connectivity index (χ0n) is 12.7.